The molecular weight excluding hydrogens is 216 g/mol. The molecule has 17 heavy (non-hydrogen) atoms. The van der Waals surface area contributed by atoms with E-state index in [0.717, 1.165) is 30.9 Å². The molecule has 0 radical (unpaired) electrons. The van der Waals surface area contributed by atoms with Crippen molar-refractivity contribution in [1.29, 1.82) is 0 Å². The number of nitrogens with two attached hydrogens (primary N) is 1. The Morgan fingerprint density at radius 2 is 2.18 bits per heavy atom. The van der Waals surface area contributed by atoms with Crippen LogP contribution in [0.25, 0.3) is 0 Å². The molecule has 98 valence electrons. The van der Waals surface area contributed by atoms with Crippen LogP contribution in [0.4, 0.5) is 0 Å². The lowest BCUT2D eigenvalue weighted by atomic mass is 10.1. The maximum Gasteiger partial charge on any atom is 0.122 e. The molecule has 0 aliphatic heterocycles. The number of nitrogens with zero attached hydrogens (tertiary/aromatic N) is 1. The molecule has 1 heterocycles. The zero-order valence-electron chi connectivity index (χ0n) is 10.9. The molecule has 0 fully saturated rings. The van der Waals surface area contributed by atoms with E-state index in [-0.39, 0.29) is 12.6 Å². The standard InChI is InChI=1S/C13H24N2O2/c1-3-4-7-15(8-9-16)12(10-14)13-6-5-11(2)17-13/h5-6,12,16H,3-4,7-10,14H2,1-2H3. The fourth-order valence-electron chi connectivity index (χ4n) is 1.99. The second-order valence-electron chi connectivity index (χ2n) is 4.31. The zero-order valence-corrected chi connectivity index (χ0v) is 10.9. The van der Waals surface area contributed by atoms with Crippen molar-refractivity contribution in [2.75, 3.05) is 26.2 Å². The number of aliphatic hydroxyl groups is 1. The molecule has 1 rings (SSSR count). The highest BCUT2D eigenvalue weighted by molar-refractivity contribution is 5.10. The molecule has 0 bridgehead atoms. The number of furan rings is 1. The smallest absolute Gasteiger partial charge is 0.122 e. The van der Waals surface area contributed by atoms with Gasteiger partial charge in [0.25, 0.3) is 0 Å². The van der Waals surface area contributed by atoms with Crippen molar-refractivity contribution in [3.63, 3.8) is 0 Å². The lowest BCUT2D eigenvalue weighted by Gasteiger charge is -2.28. The van der Waals surface area contributed by atoms with Gasteiger partial charge in [-0.15, -0.1) is 0 Å². The first kappa shape index (κ1) is 14.2. The van der Waals surface area contributed by atoms with Crippen LogP contribution in [-0.2, 0) is 0 Å². The number of unbranched alkanes of at least 4 members (excludes halogenated alkanes) is 1. The largest absolute Gasteiger partial charge is 0.465 e. The minimum absolute atomic E-state index is 0.0717. The van der Waals surface area contributed by atoms with Crippen LogP contribution in [0, 0.1) is 6.92 Å². The topological polar surface area (TPSA) is 62.6 Å². The van der Waals surface area contributed by atoms with Crippen LogP contribution in [0.15, 0.2) is 16.5 Å². The third-order valence-corrected chi connectivity index (χ3v) is 2.94. The normalized spacial score (nSPS) is 13.2. The van der Waals surface area contributed by atoms with Crippen LogP contribution >= 0.6 is 0 Å². The summed E-state index contributed by atoms with van der Waals surface area (Å²) in [6.07, 6.45) is 2.24. The van der Waals surface area contributed by atoms with Crippen molar-refractivity contribution >= 4 is 0 Å². The third kappa shape index (κ3) is 4.15. The average Bonchev–Trinajstić information content (AvgIpc) is 2.73. The zero-order chi connectivity index (χ0) is 12.7. The van der Waals surface area contributed by atoms with Gasteiger partial charge in [0.15, 0.2) is 0 Å². The Labute approximate surface area is 103 Å². The van der Waals surface area contributed by atoms with Crippen molar-refractivity contribution in [3.05, 3.63) is 23.7 Å². The summed E-state index contributed by atoms with van der Waals surface area (Å²) < 4.78 is 5.64. The molecule has 1 aromatic rings. The van der Waals surface area contributed by atoms with E-state index in [2.05, 4.69) is 11.8 Å². The molecule has 3 N–H and O–H groups in total. The lowest BCUT2D eigenvalue weighted by Crippen LogP contribution is -2.36. The maximum absolute atomic E-state index is 9.12. The first-order chi connectivity index (χ1) is 8.22. The van der Waals surface area contributed by atoms with E-state index in [0.29, 0.717) is 13.1 Å². The highest BCUT2D eigenvalue weighted by Gasteiger charge is 2.20. The summed E-state index contributed by atoms with van der Waals surface area (Å²) in [7, 11) is 0. The predicted octanol–water partition coefficient (Wildman–Crippen LogP) is 1.68. The van der Waals surface area contributed by atoms with Gasteiger partial charge in [0.1, 0.15) is 11.5 Å². The summed E-state index contributed by atoms with van der Waals surface area (Å²) >= 11 is 0. The van der Waals surface area contributed by atoms with Crippen LogP contribution in [-0.4, -0.2) is 36.2 Å². The van der Waals surface area contributed by atoms with Gasteiger partial charge in [0, 0.05) is 13.1 Å². The molecule has 0 aromatic carbocycles. The van der Waals surface area contributed by atoms with Gasteiger partial charge in [-0.25, -0.2) is 0 Å². The van der Waals surface area contributed by atoms with Crippen LogP contribution < -0.4 is 5.73 Å². The first-order valence-corrected chi connectivity index (χ1v) is 6.34. The van der Waals surface area contributed by atoms with Gasteiger partial charge in [-0.2, -0.15) is 0 Å². The van der Waals surface area contributed by atoms with Crippen molar-refractivity contribution in [3.8, 4) is 0 Å². The Morgan fingerprint density at radius 1 is 1.41 bits per heavy atom. The summed E-state index contributed by atoms with van der Waals surface area (Å²) in [6.45, 7) is 6.34. The van der Waals surface area contributed by atoms with E-state index >= 15 is 0 Å². The highest BCUT2D eigenvalue weighted by atomic mass is 16.3. The Balaban J connectivity index is 2.73. The molecule has 1 unspecified atom stereocenters. The van der Waals surface area contributed by atoms with Crippen molar-refractivity contribution in [2.24, 2.45) is 5.73 Å². The number of rotatable bonds is 8. The summed E-state index contributed by atoms with van der Waals surface area (Å²) in [4.78, 5) is 2.20. The number of aryl methyl sites for hydroxylation is 1. The Morgan fingerprint density at radius 3 is 2.65 bits per heavy atom. The van der Waals surface area contributed by atoms with Gasteiger partial charge < -0.3 is 15.3 Å². The quantitative estimate of drug-likeness (QED) is 0.725. The molecule has 0 aliphatic rings. The maximum atomic E-state index is 9.12. The molecule has 1 atom stereocenters. The van der Waals surface area contributed by atoms with Crippen molar-refractivity contribution < 1.29 is 9.52 Å². The fraction of sp³-hybridized carbons (Fsp3) is 0.692. The molecule has 0 saturated carbocycles. The summed E-state index contributed by atoms with van der Waals surface area (Å²) in [6, 6.07) is 4.00. The van der Waals surface area contributed by atoms with E-state index < -0.39 is 0 Å². The van der Waals surface area contributed by atoms with Crippen molar-refractivity contribution in [1.82, 2.24) is 4.90 Å². The van der Waals surface area contributed by atoms with E-state index in [1.54, 1.807) is 0 Å². The fourth-order valence-corrected chi connectivity index (χ4v) is 1.99. The molecule has 4 nitrogen and oxygen atoms in total. The van der Waals surface area contributed by atoms with E-state index in [1.807, 2.05) is 19.1 Å². The van der Waals surface area contributed by atoms with Gasteiger partial charge in [-0.05, 0) is 32.0 Å². The number of hydrogen-bond acceptors (Lipinski definition) is 4. The van der Waals surface area contributed by atoms with Gasteiger partial charge >= 0.3 is 0 Å². The van der Waals surface area contributed by atoms with Gasteiger partial charge in [0.05, 0.1) is 12.6 Å². The Hall–Kier alpha value is -0.840. The van der Waals surface area contributed by atoms with Gasteiger partial charge in [-0.3, -0.25) is 4.90 Å². The second-order valence-corrected chi connectivity index (χ2v) is 4.31. The van der Waals surface area contributed by atoms with E-state index in [9.17, 15) is 0 Å². The van der Waals surface area contributed by atoms with Crippen LogP contribution in [0.5, 0.6) is 0 Å². The number of hydrogen-bond donors (Lipinski definition) is 2. The Bertz CT molecular complexity index is 312. The molecule has 0 spiro atoms. The molecule has 0 aliphatic carbocycles. The van der Waals surface area contributed by atoms with E-state index in [1.165, 1.54) is 0 Å². The van der Waals surface area contributed by atoms with Crippen LogP contribution in [0.1, 0.15) is 37.3 Å². The van der Waals surface area contributed by atoms with E-state index in [4.69, 9.17) is 15.3 Å². The molecule has 0 saturated heterocycles. The Kier molecular flexibility index (Phi) is 6.26. The monoisotopic (exact) mass is 240 g/mol. The minimum Gasteiger partial charge on any atom is -0.465 e. The van der Waals surface area contributed by atoms with Crippen molar-refractivity contribution in [2.45, 2.75) is 32.7 Å². The SMILES string of the molecule is CCCCN(CCO)C(CN)c1ccc(C)o1. The first-order valence-electron chi connectivity index (χ1n) is 6.34. The average molecular weight is 240 g/mol. The minimum atomic E-state index is 0.0717. The number of aliphatic hydroxyl groups excluding tert-OH is 1. The van der Waals surface area contributed by atoms with Crippen LogP contribution in [0.2, 0.25) is 0 Å². The summed E-state index contributed by atoms with van der Waals surface area (Å²) in [5.74, 6) is 1.80. The molecule has 0 amide bonds. The molecular formula is C13H24N2O2. The molecule has 1 aromatic heterocycles. The predicted molar refractivity (Wildman–Crippen MR) is 68.8 cm³/mol. The summed E-state index contributed by atoms with van der Waals surface area (Å²) in [5.41, 5.74) is 5.83. The molecule has 4 heteroatoms. The van der Waals surface area contributed by atoms with Gasteiger partial charge in [-0.1, -0.05) is 13.3 Å². The summed E-state index contributed by atoms with van der Waals surface area (Å²) in [5, 5.41) is 9.12. The third-order valence-electron chi connectivity index (χ3n) is 2.94. The second kappa shape index (κ2) is 7.48. The lowest BCUT2D eigenvalue weighted by molar-refractivity contribution is 0.137. The van der Waals surface area contributed by atoms with Crippen LogP contribution in [0.3, 0.4) is 0 Å². The highest BCUT2D eigenvalue weighted by Crippen LogP contribution is 2.22. The van der Waals surface area contributed by atoms with Gasteiger partial charge in [0.2, 0.25) is 0 Å².